The molecule has 0 aromatic heterocycles. The van der Waals surface area contributed by atoms with Crippen LogP contribution in [0.2, 0.25) is 0 Å². The van der Waals surface area contributed by atoms with Gasteiger partial charge in [0.2, 0.25) is 12.5 Å². The monoisotopic (exact) mass is 412 g/mol. The molecule has 1 unspecified atom stereocenters. The Balaban J connectivity index is 1.74. The minimum absolute atomic E-state index is 0.0782. The maximum atomic E-state index is 12.8. The maximum absolute atomic E-state index is 12.8. The highest BCUT2D eigenvalue weighted by Crippen LogP contribution is 2.56. The van der Waals surface area contributed by atoms with Gasteiger partial charge in [0.1, 0.15) is 0 Å². The van der Waals surface area contributed by atoms with Crippen LogP contribution in [-0.2, 0) is 9.53 Å². The van der Waals surface area contributed by atoms with Gasteiger partial charge in [-0.2, -0.15) is 0 Å². The van der Waals surface area contributed by atoms with E-state index in [9.17, 15) is 4.79 Å². The van der Waals surface area contributed by atoms with Crippen molar-refractivity contribution in [3.05, 3.63) is 41.0 Å². The average Bonchev–Trinajstić information content (AvgIpc) is 3.38. The van der Waals surface area contributed by atoms with Crippen molar-refractivity contribution in [3.8, 4) is 28.7 Å². The van der Waals surface area contributed by atoms with Crippen LogP contribution in [0.5, 0.6) is 28.7 Å². The van der Waals surface area contributed by atoms with Crippen molar-refractivity contribution in [1.82, 2.24) is 0 Å². The standard InChI is InChI=1S/C23H24O7/c1-11-13-7-16-17(30-10-29-16)8-14(13)20(21-15(11)9-28-23(21)24)12-5-18(25-2)22(27-4)19(6-12)26-3/h5-8,11,15,20-21H,9-10H2,1-4H3/t11-,15?,20+,21-/m0/s1. The molecule has 7 nitrogen and oxygen atoms in total. The third kappa shape index (κ3) is 2.61. The summed E-state index contributed by atoms with van der Waals surface area (Å²) >= 11 is 0. The molecule has 5 rings (SSSR count). The van der Waals surface area contributed by atoms with E-state index in [2.05, 4.69) is 6.92 Å². The van der Waals surface area contributed by atoms with E-state index in [0.717, 1.165) is 22.4 Å². The lowest BCUT2D eigenvalue weighted by atomic mass is 9.63. The molecule has 4 atom stereocenters. The van der Waals surface area contributed by atoms with Gasteiger partial charge in [0.25, 0.3) is 0 Å². The van der Waals surface area contributed by atoms with E-state index < -0.39 is 0 Å². The summed E-state index contributed by atoms with van der Waals surface area (Å²) in [7, 11) is 4.74. The van der Waals surface area contributed by atoms with Crippen LogP contribution in [0, 0.1) is 11.8 Å². The van der Waals surface area contributed by atoms with Crippen LogP contribution in [-0.4, -0.2) is 40.7 Å². The Bertz CT molecular complexity index is 990. The Kier molecular flexibility index (Phi) is 4.41. The number of carbonyl (C=O) groups excluding carboxylic acids is 1. The Morgan fingerprint density at radius 3 is 2.10 bits per heavy atom. The number of carbonyl (C=O) groups is 1. The lowest BCUT2D eigenvalue weighted by Crippen LogP contribution is -2.33. The molecule has 30 heavy (non-hydrogen) atoms. The van der Waals surface area contributed by atoms with Crippen molar-refractivity contribution >= 4 is 5.97 Å². The molecule has 0 spiro atoms. The maximum Gasteiger partial charge on any atom is 0.310 e. The first-order chi connectivity index (χ1) is 14.6. The van der Waals surface area contributed by atoms with Crippen molar-refractivity contribution in [3.63, 3.8) is 0 Å². The fraction of sp³-hybridized carbons (Fsp3) is 0.435. The minimum Gasteiger partial charge on any atom is -0.493 e. The molecular formula is C23H24O7. The molecule has 0 bridgehead atoms. The van der Waals surface area contributed by atoms with E-state index in [-0.39, 0.29) is 36.4 Å². The van der Waals surface area contributed by atoms with E-state index >= 15 is 0 Å². The van der Waals surface area contributed by atoms with Crippen molar-refractivity contribution in [2.24, 2.45) is 11.8 Å². The number of cyclic esters (lactones) is 1. The van der Waals surface area contributed by atoms with Crippen molar-refractivity contribution in [2.45, 2.75) is 18.8 Å². The molecule has 0 radical (unpaired) electrons. The zero-order valence-electron chi connectivity index (χ0n) is 17.4. The summed E-state index contributed by atoms with van der Waals surface area (Å²) in [6.07, 6.45) is 0. The fourth-order valence-electron chi connectivity index (χ4n) is 5.12. The molecule has 2 aliphatic heterocycles. The van der Waals surface area contributed by atoms with Gasteiger partial charge < -0.3 is 28.4 Å². The van der Waals surface area contributed by atoms with Gasteiger partial charge in [-0.15, -0.1) is 0 Å². The summed E-state index contributed by atoms with van der Waals surface area (Å²) in [5, 5.41) is 0. The third-order valence-electron chi connectivity index (χ3n) is 6.60. The number of hydrogen-bond donors (Lipinski definition) is 0. The molecule has 1 aliphatic carbocycles. The molecule has 2 heterocycles. The minimum atomic E-state index is -0.296. The van der Waals surface area contributed by atoms with Crippen LogP contribution >= 0.6 is 0 Å². The Hall–Kier alpha value is -3.09. The lowest BCUT2D eigenvalue weighted by Gasteiger charge is -2.37. The number of rotatable bonds is 4. The largest absolute Gasteiger partial charge is 0.493 e. The average molecular weight is 412 g/mol. The van der Waals surface area contributed by atoms with Gasteiger partial charge in [-0.3, -0.25) is 4.79 Å². The molecule has 0 N–H and O–H groups in total. The number of esters is 1. The molecule has 7 heteroatoms. The van der Waals surface area contributed by atoms with E-state index in [1.165, 1.54) is 0 Å². The Labute approximate surface area is 174 Å². The second-order valence-electron chi connectivity index (χ2n) is 7.88. The van der Waals surface area contributed by atoms with Gasteiger partial charge in [-0.25, -0.2) is 0 Å². The highest BCUT2D eigenvalue weighted by molar-refractivity contribution is 5.79. The molecule has 2 aromatic carbocycles. The second-order valence-corrected chi connectivity index (χ2v) is 7.88. The first-order valence-corrected chi connectivity index (χ1v) is 9.97. The first-order valence-electron chi connectivity index (χ1n) is 9.97. The SMILES string of the molecule is COc1cc([C@@H]2c3cc4c(cc3[C@H](C)C3COC(=O)[C@@H]32)OCO4)cc(OC)c1OC. The van der Waals surface area contributed by atoms with Crippen molar-refractivity contribution in [1.29, 1.82) is 0 Å². The summed E-state index contributed by atoms with van der Waals surface area (Å²) < 4.78 is 33.4. The summed E-state index contributed by atoms with van der Waals surface area (Å²) in [6, 6.07) is 7.88. The van der Waals surface area contributed by atoms with Crippen LogP contribution in [0.1, 0.15) is 35.4 Å². The van der Waals surface area contributed by atoms with E-state index in [0.29, 0.717) is 29.6 Å². The quantitative estimate of drug-likeness (QED) is 0.712. The summed E-state index contributed by atoms with van der Waals surface area (Å²) in [4.78, 5) is 12.8. The van der Waals surface area contributed by atoms with Crippen LogP contribution in [0.4, 0.5) is 0 Å². The van der Waals surface area contributed by atoms with E-state index in [1.807, 2.05) is 24.3 Å². The Morgan fingerprint density at radius 1 is 0.867 bits per heavy atom. The third-order valence-corrected chi connectivity index (χ3v) is 6.60. The van der Waals surface area contributed by atoms with Crippen LogP contribution in [0.25, 0.3) is 0 Å². The zero-order chi connectivity index (χ0) is 21.0. The lowest BCUT2D eigenvalue weighted by molar-refractivity contribution is -0.141. The van der Waals surface area contributed by atoms with Gasteiger partial charge in [0, 0.05) is 11.8 Å². The van der Waals surface area contributed by atoms with Crippen molar-refractivity contribution in [2.75, 3.05) is 34.7 Å². The number of ether oxygens (including phenoxy) is 6. The number of hydrogen-bond acceptors (Lipinski definition) is 7. The van der Waals surface area contributed by atoms with Crippen LogP contribution in [0.3, 0.4) is 0 Å². The second kappa shape index (κ2) is 7.00. The van der Waals surface area contributed by atoms with Crippen LogP contribution < -0.4 is 23.7 Å². The van der Waals surface area contributed by atoms with Crippen LogP contribution in [0.15, 0.2) is 24.3 Å². The topological polar surface area (TPSA) is 72.5 Å². The molecular weight excluding hydrogens is 388 g/mol. The predicted octanol–water partition coefficient (Wildman–Crippen LogP) is 3.48. The molecule has 1 saturated heterocycles. The highest BCUT2D eigenvalue weighted by Gasteiger charge is 2.51. The molecule has 158 valence electrons. The summed E-state index contributed by atoms with van der Waals surface area (Å²) in [5.74, 6) is 2.61. The molecule has 3 aliphatic rings. The summed E-state index contributed by atoms with van der Waals surface area (Å²) in [5.41, 5.74) is 3.10. The van der Waals surface area contributed by atoms with E-state index in [1.54, 1.807) is 21.3 Å². The van der Waals surface area contributed by atoms with E-state index in [4.69, 9.17) is 28.4 Å². The molecule has 2 aromatic rings. The number of fused-ring (bicyclic) bond motifs is 3. The number of methoxy groups -OCH3 is 3. The van der Waals surface area contributed by atoms with Gasteiger partial charge in [0.15, 0.2) is 23.0 Å². The molecule has 0 saturated carbocycles. The van der Waals surface area contributed by atoms with Crippen molar-refractivity contribution < 1.29 is 33.2 Å². The van der Waals surface area contributed by atoms with Gasteiger partial charge >= 0.3 is 5.97 Å². The Morgan fingerprint density at radius 2 is 1.50 bits per heavy atom. The van der Waals surface area contributed by atoms with Gasteiger partial charge in [-0.05, 0) is 46.9 Å². The summed E-state index contributed by atoms with van der Waals surface area (Å²) in [6.45, 7) is 2.77. The van der Waals surface area contributed by atoms with Gasteiger partial charge in [-0.1, -0.05) is 6.92 Å². The number of benzene rings is 2. The predicted molar refractivity (Wildman–Crippen MR) is 107 cm³/mol. The molecule has 1 fully saturated rings. The van der Waals surface area contributed by atoms with Gasteiger partial charge in [0.05, 0.1) is 33.9 Å². The smallest absolute Gasteiger partial charge is 0.310 e. The highest BCUT2D eigenvalue weighted by atomic mass is 16.7. The normalized spacial score (nSPS) is 25.9. The fourth-order valence-corrected chi connectivity index (χ4v) is 5.12. The zero-order valence-corrected chi connectivity index (χ0v) is 17.4. The first kappa shape index (κ1) is 18.9. The molecule has 0 amide bonds.